The van der Waals surface area contributed by atoms with Crippen LogP contribution in [-0.2, 0) is 0 Å². The molecule has 2 aromatic rings. The number of methoxy groups -OCH3 is 1. The molecular weight excluding hydrogens is 292 g/mol. The van der Waals surface area contributed by atoms with E-state index in [0.717, 1.165) is 5.56 Å². The predicted octanol–water partition coefficient (Wildman–Crippen LogP) is 4.59. The predicted molar refractivity (Wildman–Crippen MR) is 80.4 cm³/mol. The van der Waals surface area contributed by atoms with Gasteiger partial charge in [-0.2, -0.15) is 10.2 Å². The minimum atomic E-state index is -0.218. The standard InChI is InChI=1S/C15H13ClN2O3/c1-9-3-4-11(6-13(9)16)17-18-12-5-10(8-19)15(20)14(7-12)21-2/h3-8,20H,1-2H3. The molecule has 0 atom stereocenters. The Bertz CT molecular complexity index is 714. The van der Waals surface area contributed by atoms with E-state index in [1.807, 2.05) is 13.0 Å². The highest BCUT2D eigenvalue weighted by atomic mass is 35.5. The maximum atomic E-state index is 10.9. The maximum Gasteiger partial charge on any atom is 0.168 e. The van der Waals surface area contributed by atoms with Crippen molar-refractivity contribution in [1.29, 1.82) is 0 Å². The third-order valence-corrected chi connectivity index (χ3v) is 3.28. The number of aromatic hydroxyl groups is 1. The first-order valence-corrected chi connectivity index (χ1v) is 6.47. The van der Waals surface area contributed by atoms with Gasteiger partial charge >= 0.3 is 0 Å². The second-order valence-corrected chi connectivity index (χ2v) is 4.74. The monoisotopic (exact) mass is 304 g/mol. The summed E-state index contributed by atoms with van der Waals surface area (Å²) in [7, 11) is 1.39. The number of hydrogen-bond donors (Lipinski definition) is 1. The van der Waals surface area contributed by atoms with Crippen LogP contribution in [0.4, 0.5) is 11.4 Å². The van der Waals surface area contributed by atoms with Crippen LogP contribution in [0.15, 0.2) is 40.6 Å². The maximum absolute atomic E-state index is 10.9. The number of azo groups is 1. The second kappa shape index (κ2) is 6.37. The number of carbonyl (C=O) groups is 1. The zero-order chi connectivity index (χ0) is 15.4. The van der Waals surface area contributed by atoms with Crippen molar-refractivity contribution in [1.82, 2.24) is 0 Å². The molecule has 0 unspecified atom stereocenters. The van der Waals surface area contributed by atoms with Gasteiger partial charge in [0.15, 0.2) is 17.8 Å². The van der Waals surface area contributed by atoms with E-state index in [0.29, 0.717) is 22.7 Å². The van der Waals surface area contributed by atoms with Crippen molar-refractivity contribution < 1.29 is 14.6 Å². The van der Waals surface area contributed by atoms with E-state index in [4.69, 9.17) is 16.3 Å². The van der Waals surface area contributed by atoms with Gasteiger partial charge in [-0.1, -0.05) is 17.7 Å². The molecule has 0 saturated carbocycles. The summed E-state index contributed by atoms with van der Waals surface area (Å²) in [6.45, 7) is 1.89. The molecule has 0 radical (unpaired) electrons. The van der Waals surface area contributed by atoms with Crippen LogP contribution in [0.25, 0.3) is 0 Å². The molecule has 0 aromatic heterocycles. The van der Waals surface area contributed by atoms with Crippen LogP contribution in [0.1, 0.15) is 15.9 Å². The molecule has 0 aliphatic rings. The SMILES string of the molecule is COc1cc(N=Nc2ccc(C)c(Cl)c2)cc(C=O)c1O. The molecule has 0 aliphatic carbocycles. The van der Waals surface area contributed by atoms with E-state index in [9.17, 15) is 9.90 Å². The molecule has 0 heterocycles. The third kappa shape index (κ3) is 3.38. The molecule has 0 fully saturated rings. The summed E-state index contributed by atoms with van der Waals surface area (Å²) < 4.78 is 4.98. The summed E-state index contributed by atoms with van der Waals surface area (Å²) in [4.78, 5) is 10.9. The van der Waals surface area contributed by atoms with Crippen molar-refractivity contribution in [3.8, 4) is 11.5 Å². The van der Waals surface area contributed by atoms with Gasteiger partial charge < -0.3 is 9.84 Å². The van der Waals surface area contributed by atoms with E-state index in [-0.39, 0.29) is 17.1 Å². The smallest absolute Gasteiger partial charge is 0.168 e. The Kier molecular flexibility index (Phi) is 4.55. The Morgan fingerprint density at radius 1 is 1.19 bits per heavy atom. The van der Waals surface area contributed by atoms with Gasteiger partial charge in [-0.25, -0.2) is 0 Å². The number of phenolic OH excluding ortho intramolecular Hbond substituents is 1. The lowest BCUT2D eigenvalue weighted by Crippen LogP contribution is -1.88. The fourth-order valence-electron chi connectivity index (χ4n) is 1.68. The van der Waals surface area contributed by atoms with E-state index in [1.54, 1.807) is 12.1 Å². The number of ether oxygens (including phenoxy) is 1. The van der Waals surface area contributed by atoms with Gasteiger partial charge in [-0.05, 0) is 30.7 Å². The average Bonchev–Trinajstić information content (AvgIpc) is 2.49. The Balaban J connectivity index is 2.36. The number of benzene rings is 2. The topological polar surface area (TPSA) is 71.2 Å². The van der Waals surface area contributed by atoms with E-state index in [2.05, 4.69) is 10.2 Å². The molecule has 6 heteroatoms. The van der Waals surface area contributed by atoms with Crippen molar-refractivity contribution in [3.05, 3.63) is 46.5 Å². The van der Waals surface area contributed by atoms with Gasteiger partial charge in [0.05, 0.1) is 24.0 Å². The van der Waals surface area contributed by atoms with Gasteiger partial charge in [0.25, 0.3) is 0 Å². The van der Waals surface area contributed by atoms with Crippen molar-refractivity contribution >= 4 is 29.3 Å². The largest absolute Gasteiger partial charge is 0.504 e. The minimum Gasteiger partial charge on any atom is -0.504 e. The lowest BCUT2D eigenvalue weighted by atomic mass is 10.2. The summed E-state index contributed by atoms with van der Waals surface area (Å²) >= 11 is 6.01. The van der Waals surface area contributed by atoms with Gasteiger partial charge in [-0.3, -0.25) is 4.79 Å². The first kappa shape index (κ1) is 15.0. The Morgan fingerprint density at radius 3 is 2.52 bits per heavy atom. The van der Waals surface area contributed by atoms with Crippen LogP contribution in [0.5, 0.6) is 11.5 Å². The van der Waals surface area contributed by atoms with Crippen molar-refractivity contribution in [3.63, 3.8) is 0 Å². The number of nitrogens with zero attached hydrogens (tertiary/aromatic N) is 2. The lowest BCUT2D eigenvalue weighted by Gasteiger charge is -2.06. The van der Waals surface area contributed by atoms with Crippen LogP contribution < -0.4 is 4.74 Å². The van der Waals surface area contributed by atoms with Crippen molar-refractivity contribution in [2.24, 2.45) is 10.2 Å². The number of carbonyl (C=O) groups excluding carboxylic acids is 1. The highest BCUT2D eigenvalue weighted by molar-refractivity contribution is 6.31. The summed E-state index contributed by atoms with van der Waals surface area (Å²) in [6.07, 6.45) is 0.527. The van der Waals surface area contributed by atoms with Crippen LogP contribution in [0.3, 0.4) is 0 Å². The number of rotatable bonds is 4. The molecule has 0 saturated heterocycles. The average molecular weight is 305 g/mol. The molecule has 0 bridgehead atoms. The van der Waals surface area contributed by atoms with Crippen LogP contribution in [0.2, 0.25) is 5.02 Å². The molecule has 2 aromatic carbocycles. The summed E-state index contributed by atoms with van der Waals surface area (Å²) in [5.74, 6) is -0.0553. The molecule has 0 amide bonds. The summed E-state index contributed by atoms with van der Waals surface area (Å²) in [5.41, 5.74) is 2.02. The number of halogens is 1. The lowest BCUT2D eigenvalue weighted by molar-refractivity contribution is 0.112. The highest BCUT2D eigenvalue weighted by Gasteiger charge is 2.09. The minimum absolute atomic E-state index is 0.0882. The third-order valence-electron chi connectivity index (χ3n) is 2.87. The zero-order valence-corrected chi connectivity index (χ0v) is 12.3. The molecule has 108 valence electrons. The first-order valence-electron chi connectivity index (χ1n) is 6.09. The molecule has 5 nitrogen and oxygen atoms in total. The Morgan fingerprint density at radius 2 is 1.90 bits per heavy atom. The Hall–Kier alpha value is -2.40. The molecule has 2 rings (SSSR count). The van der Waals surface area contributed by atoms with E-state index >= 15 is 0 Å². The van der Waals surface area contributed by atoms with E-state index < -0.39 is 0 Å². The fraction of sp³-hybridized carbons (Fsp3) is 0.133. The van der Waals surface area contributed by atoms with Crippen LogP contribution in [0, 0.1) is 6.92 Å². The summed E-state index contributed by atoms with van der Waals surface area (Å²) in [5, 5.41) is 18.4. The van der Waals surface area contributed by atoms with Gasteiger partial charge in [0.1, 0.15) is 0 Å². The Labute approximate surface area is 126 Å². The first-order chi connectivity index (χ1) is 10.0. The fourth-order valence-corrected chi connectivity index (χ4v) is 1.85. The second-order valence-electron chi connectivity index (χ2n) is 4.34. The molecular formula is C15H13ClN2O3. The molecule has 0 spiro atoms. The van der Waals surface area contributed by atoms with Gasteiger partial charge in [0, 0.05) is 11.1 Å². The van der Waals surface area contributed by atoms with Crippen molar-refractivity contribution in [2.45, 2.75) is 6.92 Å². The van der Waals surface area contributed by atoms with Gasteiger partial charge in [-0.15, -0.1) is 0 Å². The number of aryl methyl sites for hydroxylation is 1. The van der Waals surface area contributed by atoms with Crippen molar-refractivity contribution in [2.75, 3.05) is 7.11 Å². The summed E-state index contributed by atoms with van der Waals surface area (Å²) in [6, 6.07) is 8.22. The quantitative estimate of drug-likeness (QED) is 0.663. The van der Waals surface area contributed by atoms with Gasteiger partial charge in [0.2, 0.25) is 0 Å². The normalized spacial score (nSPS) is 10.8. The van der Waals surface area contributed by atoms with E-state index in [1.165, 1.54) is 19.2 Å². The molecule has 21 heavy (non-hydrogen) atoms. The molecule has 0 aliphatic heterocycles. The van der Waals surface area contributed by atoms with Crippen LogP contribution >= 0.6 is 11.6 Å². The number of hydrogen-bond acceptors (Lipinski definition) is 5. The van der Waals surface area contributed by atoms with Crippen LogP contribution in [-0.4, -0.2) is 18.5 Å². The molecule has 1 N–H and O–H groups in total. The highest BCUT2D eigenvalue weighted by Crippen LogP contribution is 2.34. The zero-order valence-electron chi connectivity index (χ0n) is 11.5. The number of aldehydes is 1. The number of phenols is 1.